The van der Waals surface area contributed by atoms with Crippen molar-refractivity contribution in [2.24, 2.45) is 0 Å². The van der Waals surface area contributed by atoms with E-state index in [2.05, 4.69) is 29.1 Å². The van der Waals surface area contributed by atoms with Gasteiger partial charge < -0.3 is 5.32 Å². The van der Waals surface area contributed by atoms with Crippen LogP contribution in [0.5, 0.6) is 0 Å². The second-order valence-corrected chi connectivity index (χ2v) is 7.26. The molecule has 1 atom stereocenters. The molecule has 114 valence electrons. The second kappa shape index (κ2) is 7.13. The summed E-state index contributed by atoms with van der Waals surface area (Å²) >= 11 is 3.29. The number of hydrogen-bond acceptors (Lipinski definition) is 5. The molecule has 0 saturated carbocycles. The number of rotatable bonds is 6. The van der Waals surface area contributed by atoms with Crippen molar-refractivity contribution < 1.29 is 4.79 Å². The number of hydrogen-bond donors (Lipinski definition) is 1. The maximum absolute atomic E-state index is 12.1. The summed E-state index contributed by atoms with van der Waals surface area (Å²) in [5.41, 5.74) is 3.92. The zero-order chi connectivity index (χ0) is 15.4. The van der Waals surface area contributed by atoms with Gasteiger partial charge in [-0.2, -0.15) is 0 Å². The molecule has 2 rings (SSSR count). The van der Waals surface area contributed by atoms with E-state index in [0.717, 1.165) is 29.2 Å². The van der Waals surface area contributed by atoms with Crippen molar-refractivity contribution in [1.29, 1.82) is 0 Å². The number of nitrogens with zero attached hydrogens (tertiary/aromatic N) is 2. The van der Waals surface area contributed by atoms with Crippen LogP contribution in [0, 0.1) is 20.8 Å². The van der Waals surface area contributed by atoms with Gasteiger partial charge in [0.05, 0.1) is 22.9 Å². The van der Waals surface area contributed by atoms with Gasteiger partial charge in [-0.25, -0.2) is 9.97 Å². The number of nitrogens with one attached hydrogen (secondary N) is 1. The van der Waals surface area contributed by atoms with Crippen molar-refractivity contribution in [3.8, 4) is 0 Å². The Balaban J connectivity index is 1.92. The van der Waals surface area contributed by atoms with Gasteiger partial charge in [0, 0.05) is 16.2 Å². The van der Waals surface area contributed by atoms with Crippen LogP contribution in [0.1, 0.15) is 52.0 Å². The van der Waals surface area contributed by atoms with Gasteiger partial charge in [-0.15, -0.1) is 22.7 Å². The molecule has 0 spiro atoms. The topological polar surface area (TPSA) is 54.9 Å². The summed E-state index contributed by atoms with van der Waals surface area (Å²) in [5.74, 6) is 0.0835. The lowest BCUT2D eigenvalue weighted by Gasteiger charge is -2.14. The lowest BCUT2D eigenvalue weighted by atomic mass is 10.2. The summed E-state index contributed by atoms with van der Waals surface area (Å²) in [6.45, 7) is 8.14. The van der Waals surface area contributed by atoms with Crippen LogP contribution in [-0.4, -0.2) is 15.9 Å². The zero-order valence-electron chi connectivity index (χ0n) is 12.9. The van der Waals surface area contributed by atoms with Crippen LogP contribution in [0.2, 0.25) is 0 Å². The molecule has 4 nitrogen and oxygen atoms in total. The zero-order valence-corrected chi connectivity index (χ0v) is 14.5. The molecule has 0 unspecified atom stereocenters. The van der Waals surface area contributed by atoms with E-state index >= 15 is 0 Å². The number of amides is 1. The maximum Gasteiger partial charge on any atom is 0.220 e. The first-order valence-electron chi connectivity index (χ1n) is 7.13. The van der Waals surface area contributed by atoms with Crippen molar-refractivity contribution in [1.82, 2.24) is 15.3 Å². The summed E-state index contributed by atoms with van der Waals surface area (Å²) in [7, 11) is 0. The molecule has 0 aliphatic carbocycles. The smallest absolute Gasteiger partial charge is 0.220 e. The van der Waals surface area contributed by atoms with E-state index in [1.54, 1.807) is 22.7 Å². The lowest BCUT2D eigenvalue weighted by molar-refractivity contribution is -0.121. The number of thiazole rings is 2. The minimum atomic E-state index is 0.0254. The fourth-order valence-corrected chi connectivity index (χ4v) is 3.88. The lowest BCUT2D eigenvalue weighted by Crippen LogP contribution is -2.28. The molecule has 0 aromatic carbocycles. The maximum atomic E-state index is 12.1. The Kier molecular flexibility index (Phi) is 5.47. The van der Waals surface area contributed by atoms with Gasteiger partial charge in [-0.3, -0.25) is 4.79 Å². The molecule has 0 aliphatic heterocycles. The molecule has 2 heterocycles. The number of aryl methyl sites for hydroxylation is 4. The summed E-state index contributed by atoms with van der Waals surface area (Å²) in [4.78, 5) is 23.3. The molecule has 0 fully saturated rings. The van der Waals surface area contributed by atoms with E-state index in [1.165, 1.54) is 9.75 Å². The van der Waals surface area contributed by atoms with Crippen LogP contribution >= 0.6 is 22.7 Å². The standard InChI is InChI=1S/C15H21N3OS2/c1-5-12(15-17-9(2)11(4)21-15)18-14(19)7-6-13-10(3)16-8-20-13/h8,12H,5-7H2,1-4H3,(H,18,19)/t12-/m1/s1. The number of aromatic nitrogens is 2. The average Bonchev–Trinajstić information content (AvgIpc) is 3.00. The first-order valence-corrected chi connectivity index (χ1v) is 8.83. The molecule has 1 amide bonds. The Labute approximate surface area is 133 Å². The minimum Gasteiger partial charge on any atom is -0.347 e. The quantitative estimate of drug-likeness (QED) is 0.881. The summed E-state index contributed by atoms with van der Waals surface area (Å²) < 4.78 is 0. The van der Waals surface area contributed by atoms with Gasteiger partial charge in [0.15, 0.2) is 0 Å². The Bertz CT molecular complexity index is 599. The van der Waals surface area contributed by atoms with E-state index < -0.39 is 0 Å². The van der Waals surface area contributed by atoms with Crippen LogP contribution < -0.4 is 5.32 Å². The van der Waals surface area contributed by atoms with Crippen molar-refractivity contribution in [2.45, 2.75) is 53.0 Å². The Morgan fingerprint density at radius 1 is 1.33 bits per heavy atom. The third kappa shape index (κ3) is 4.11. The van der Waals surface area contributed by atoms with E-state index in [1.807, 2.05) is 19.4 Å². The Morgan fingerprint density at radius 3 is 2.62 bits per heavy atom. The summed E-state index contributed by atoms with van der Waals surface area (Å²) in [6, 6.07) is 0.0254. The third-order valence-corrected chi connectivity index (χ3v) is 5.69. The van der Waals surface area contributed by atoms with Crippen molar-refractivity contribution >= 4 is 28.6 Å². The second-order valence-electron chi connectivity index (χ2n) is 5.08. The predicted octanol–water partition coefficient (Wildman–Crippen LogP) is 3.72. The normalized spacial score (nSPS) is 12.4. The van der Waals surface area contributed by atoms with E-state index in [-0.39, 0.29) is 11.9 Å². The van der Waals surface area contributed by atoms with Crippen LogP contribution in [0.3, 0.4) is 0 Å². The largest absolute Gasteiger partial charge is 0.347 e. The first-order chi connectivity index (χ1) is 10.0. The van der Waals surface area contributed by atoms with Crippen LogP contribution in [0.15, 0.2) is 5.51 Å². The molecular weight excluding hydrogens is 302 g/mol. The van der Waals surface area contributed by atoms with Gasteiger partial charge in [-0.05, 0) is 33.6 Å². The molecule has 0 aliphatic rings. The third-order valence-electron chi connectivity index (χ3n) is 3.51. The summed E-state index contributed by atoms with van der Waals surface area (Å²) in [6.07, 6.45) is 2.12. The van der Waals surface area contributed by atoms with Gasteiger partial charge >= 0.3 is 0 Å². The highest BCUT2D eigenvalue weighted by Gasteiger charge is 2.17. The first kappa shape index (κ1) is 16.1. The van der Waals surface area contributed by atoms with Crippen molar-refractivity contribution in [3.63, 3.8) is 0 Å². The minimum absolute atomic E-state index is 0.0254. The highest BCUT2D eigenvalue weighted by atomic mass is 32.1. The monoisotopic (exact) mass is 323 g/mol. The summed E-state index contributed by atoms with van der Waals surface area (Å²) in [5, 5.41) is 4.11. The van der Waals surface area contributed by atoms with E-state index in [4.69, 9.17) is 0 Å². The van der Waals surface area contributed by atoms with Crippen molar-refractivity contribution in [3.05, 3.63) is 31.7 Å². The number of carbonyl (C=O) groups excluding carboxylic acids is 1. The van der Waals surface area contributed by atoms with Gasteiger partial charge in [-0.1, -0.05) is 6.92 Å². The molecule has 21 heavy (non-hydrogen) atoms. The molecule has 0 saturated heterocycles. The molecule has 1 N–H and O–H groups in total. The van der Waals surface area contributed by atoms with Crippen LogP contribution in [0.25, 0.3) is 0 Å². The van der Waals surface area contributed by atoms with Gasteiger partial charge in [0.1, 0.15) is 5.01 Å². The Hall–Kier alpha value is -1.27. The number of carbonyl (C=O) groups is 1. The van der Waals surface area contributed by atoms with Gasteiger partial charge in [0.2, 0.25) is 5.91 Å². The predicted molar refractivity (Wildman–Crippen MR) is 87.9 cm³/mol. The Morgan fingerprint density at radius 2 is 2.10 bits per heavy atom. The molecular formula is C15H21N3OS2. The molecule has 0 bridgehead atoms. The average molecular weight is 323 g/mol. The van der Waals surface area contributed by atoms with Gasteiger partial charge in [0.25, 0.3) is 0 Å². The highest BCUT2D eigenvalue weighted by Crippen LogP contribution is 2.25. The molecule has 2 aromatic heterocycles. The van der Waals surface area contributed by atoms with Crippen LogP contribution in [-0.2, 0) is 11.2 Å². The molecule has 2 aromatic rings. The highest BCUT2D eigenvalue weighted by molar-refractivity contribution is 7.11. The fourth-order valence-electron chi connectivity index (χ4n) is 2.04. The van der Waals surface area contributed by atoms with Crippen LogP contribution in [0.4, 0.5) is 0 Å². The van der Waals surface area contributed by atoms with Crippen molar-refractivity contribution in [2.75, 3.05) is 0 Å². The molecule has 0 radical (unpaired) electrons. The van der Waals surface area contributed by atoms with E-state index in [0.29, 0.717) is 6.42 Å². The van der Waals surface area contributed by atoms with E-state index in [9.17, 15) is 4.79 Å². The molecule has 6 heteroatoms. The SMILES string of the molecule is CC[C@@H](NC(=O)CCc1scnc1C)c1nc(C)c(C)s1. The fraction of sp³-hybridized carbons (Fsp3) is 0.533.